The van der Waals surface area contributed by atoms with Crippen LogP contribution in [-0.4, -0.2) is 50.1 Å². The maximum Gasteiger partial charge on any atom is 0.0620 e. The van der Waals surface area contributed by atoms with E-state index in [1.807, 2.05) is 0 Å². The molecule has 3 N–H and O–H groups in total. The highest BCUT2D eigenvalue weighted by Crippen LogP contribution is 2.37. The molecule has 2 atom stereocenters. The lowest BCUT2D eigenvalue weighted by molar-refractivity contribution is 0.0695. The van der Waals surface area contributed by atoms with Crippen molar-refractivity contribution in [2.45, 2.75) is 51.1 Å². The Hall–Kier alpha value is -0.160. The molecule has 4 nitrogen and oxygen atoms in total. The van der Waals surface area contributed by atoms with Crippen LogP contribution in [-0.2, 0) is 4.74 Å². The molecular formula is C14H28N2O2. The van der Waals surface area contributed by atoms with Crippen molar-refractivity contribution < 1.29 is 9.84 Å². The summed E-state index contributed by atoms with van der Waals surface area (Å²) in [5, 5.41) is 16.7. The molecule has 0 aromatic heterocycles. The van der Waals surface area contributed by atoms with Gasteiger partial charge in [-0.1, -0.05) is 12.8 Å². The van der Waals surface area contributed by atoms with Gasteiger partial charge in [-0.25, -0.2) is 0 Å². The molecule has 18 heavy (non-hydrogen) atoms. The molecule has 1 heterocycles. The Morgan fingerprint density at radius 3 is 2.83 bits per heavy atom. The van der Waals surface area contributed by atoms with Gasteiger partial charge in [0.2, 0.25) is 0 Å². The number of hydrogen-bond acceptors (Lipinski definition) is 4. The standard InChI is InChI=1S/C14H28N2O2/c1-12(8-13-9-18-7-6-15-13)16-10-14(11-17)4-2-3-5-14/h12-13,15-17H,2-11H2,1H3. The number of ether oxygens (including phenoxy) is 1. The first kappa shape index (κ1) is 14.3. The van der Waals surface area contributed by atoms with Gasteiger partial charge in [-0.05, 0) is 26.2 Å². The van der Waals surface area contributed by atoms with Gasteiger partial charge in [0.25, 0.3) is 0 Å². The molecule has 0 bridgehead atoms. The highest BCUT2D eigenvalue weighted by Gasteiger charge is 2.33. The number of morpholine rings is 1. The van der Waals surface area contributed by atoms with Gasteiger partial charge in [0.15, 0.2) is 0 Å². The fourth-order valence-corrected chi connectivity index (χ4v) is 3.19. The number of rotatable bonds is 6. The Labute approximate surface area is 110 Å². The first-order chi connectivity index (χ1) is 8.74. The predicted octanol–water partition coefficient (Wildman–Crippen LogP) is 0.896. The van der Waals surface area contributed by atoms with E-state index < -0.39 is 0 Å². The second-order valence-corrected chi connectivity index (χ2v) is 6.11. The minimum absolute atomic E-state index is 0.157. The van der Waals surface area contributed by atoms with Crippen molar-refractivity contribution in [3.05, 3.63) is 0 Å². The highest BCUT2D eigenvalue weighted by molar-refractivity contribution is 4.87. The molecule has 0 spiro atoms. The van der Waals surface area contributed by atoms with Crippen molar-refractivity contribution in [2.24, 2.45) is 5.41 Å². The fourth-order valence-electron chi connectivity index (χ4n) is 3.19. The average Bonchev–Trinajstić information content (AvgIpc) is 2.87. The fraction of sp³-hybridized carbons (Fsp3) is 1.00. The number of nitrogens with one attached hydrogen (secondary N) is 2. The Morgan fingerprint density at radius 1 is 1.44 bits per heavy atom. The maximum atomic E-state index is 9.58. The van der Waals surface area contributed by atoms with E-state index in [1.54, 1.807) is 0 Å². The minimum Gasteiger partial charge on any atom is -0.396 e. The van der Waals surface area contributed by atoms with Crippen molar-refractivity contribution in [3.8, 4) is 0 Å². The van der Waals surface area contributed by atoms with Gasteiger partial charge in [-0.3, -0.25) is 0 Å². The first-order valence-electron chi connectivity index (χ1n) is 7.39. The molecule has 0 aromatic carbocycles. The van der Waals surface area contributed by atoms with Crippen LogP contribution in [0.3, 0.4) is 0 Å². The molecule has 2 aliphatic rings. The molecule has 2 rings (SSSR count). The SMILES string of the molecule is CC(CC1COCCN1)NCC1(CO)CCCC1. The maximum absolute atomic E-state index is 9.58. The van der Waals surface area contributed by atoms with Crippen LogP contribution >= 0.6 is 0 Å². The highest BCUT2D eigenvalue weighted by atomic mass is 16.5. The number of aliphatic hydroxyl groups is 1. The summed E-state index contributed by atoms with van der Waals surface area (Å²) in [5.74, 6) is 0. The van der Waals surface area contributed by atoms with Crippen molar-refractivity contribution in [3.63, 3.8) is 0 Å². The normalized spacial score (nSPS) is 29.3. The first-order valence-corrected chi connectivity index (χ1v) is 7.39. The zero-order valence-corrected chi connectivity index (χ0v) is 11.6. The van der Waals surface area contributed by atoms with Gasteiger partial charge < -0.3 is 20.5 Å². The summed E-state index contributed by atoms with van der Waals surface area (Å²) in [6, 6.07) is 0.961. The van der Waals surface area contributed by atoms with E-state index >= 15 is 0 Å². The van der Waals surface area contributed by atoms with Crippen molar-refractivity contribution >= 4 is 0 Å². The third kappa shape index (κ3) is 3.92. The molecule has 0 amide bonds. The summed E-state index contributed by atoms with van der Waals surface area (Å²) in [4.78, 5) is 0. The molecular weight excluding hydrogens is 228 g/mol. The lowest BCUT2D eigenvalue weighted by atomic mass is 9.87. The number of aliphatic hydroxyl groups excluding tert-OH is 1. The van der Waals surface area contributed by atoms with Gasteiger partial charge in [0.05, 0.1) is 13.2 Å². The number of hydrogen-bond donors (Lipinski definition) is 3. The van der Waals surface area contributed by atoms with E-state index in [0.29, 0.717) is 18.7 Å². The summed E-state index contributed by atoms with van der Waals surface area (Å²) in [6.07, 6.45) is 5.99. The molecule has 106 valence electrons. The lowest BCUT2D eigenvalue weighted by Crippen LogP contribution is -2.46. The van der Waals surface area contributed by atoms with Gasteiger partial charge in [-0.2, -0.15) is 0 Å². The Kier molecular flexibility index (Phi) is 5.42. The van der Waals surface area contributed by atoms with Crippen molar-refractivity contribution in [1.29, 1.82) is 0 Å². The smallest absolute Gasteiger partial charge is 0.0620 e. The molecule has 0 aromatic rings. The van der Waals surface area contributed by atoms with E-state index in [0.717, 1.165) is 32.7 Å². The van der Waals surface area contributed by atoms with Crippen LogP contribution in [0.2, 0.25) is 0 Å². The van der Waals surface area contributed by atoms with E-state index in [4.69, 9.17) is 4.74 Å². The zero-order chi connectivity index (χ0) is 12.8. The lowest BCUT2D eigenvalue weighted by Gasteiger charge is -2.31. The van der Waals surface area contributed by atoms with Crippen molar-refractivity contribution in [1.82, 2.24) is 10.6 Å². The largest absolute Gasteiger partial charge is 0.396 e. The quantitative estimate of drug-likeness (QED) is 0.661. The third-order valence-corrected chi connectivity index (χ3v) is 4.46. The second kappa shape index (κ2) is 6.85. The molecule has 2 unspecified atom stereocenters. The molecule has 4 heteroatoms. The van der Waals surface area contributed by atoms with Crippen LogP contribution in [0.5, 0.6) is 0 Å². The van der Waals surface area contributed by atoms with Crippen LogP contribution in [0.15, 0.2) is 0 Å². The molecule has 1 aliphatic carbocycles. The summed E-state index contributed by atoms with van der Waals surface area (Å²) in [7, 11) is 0. The van der Waals surface area contributed by atoms with E-state index in [-0.39, 0.29) is 5.41 Å². The van der Waals surface area contributed by atoms with Gasteiger partial charge in [0.1, 0.15) is 0 Å². The molecule has 1 aliphatic heterocycles. The summed E-state index contributed by atoms with van der Waals surface area (Å²) in [5.41, 5.74) is 0.157. The Balaban J connectivity index is 1.68. The van der Waals surface area contributed by atoms with Crippen molar-refractivity contribution in [2.75, 3.05) is 32.9 Å². The Bertz CT molecular complexity index is 236. The predicted molar refractivity (Wildman–Crippen MR) is 72.7 cm³/mol. The van der Waals surface area contributed by atoms with Crippen LogP contribution in [0.25, 0.3) is 0 Å². The average molecular weight is 256 g/mol. The van der Waals surface area contributed by atoms with Crippen LogP contribution in [0.4, 0.5) is 0 Å². The zero-order valence-electron chi connectivity index (χ0n) is 11.6. The van der Waals surface area contributed by atoms with Crippen LogP contribution in [0.1, 0.15) is 39.0 Å². The van der Waals surface area contributed by atoms with Gasteiger partial charge >= 0.3 is 0 Å². The summed E-state index contributed by atoms with van der Waals surface area (Å²) >= 11 is 0. The van der Waals surface area contributed by atoms with Gasteiger partial charge in [-0.15, -0.1) is 0 Å². The molecule has 1 saturated heterocycles. The molecule has 0 radical (unpaired) electrons. The van der Waals surface area contributed by atoms with Crippen LogP contribution in [0, 0.1) is 5.41 Å². The minimum atomic E-state index is 0.157. The topological polar surface area (TPSA) is 53.5 Å². The molecule has 2 fully saturated rings. The Morgan fingerprint density at radius 2 is 2.22 bits per heavy atom. The molecule has 1 saturated carbocycles. The second-order valence-electron chi connectivity index (χ2n) is 6.11. The van der Waals surface area contributed by atoms with E-state index in [2.05, 4.69) is 17.6 Å². The van der Waals surface area contributed by atoms with Crippen LogP contribution < -0.4 is 10.6 Å². The van der Waals surface area contributed by atoms with E-state index in [1.165, 1.54) is 25.7 Å². The summed E-state index contributed by atoms with van der Waals surface area (Å²) in [6.45, 7) is 6.16. The van der Waals surface area contributed by atoms with E-state index in [9.17, 15) is 5.11 Å². The monoisotopic (exact) mass is 256 g/mol. The summed E-state index contributed by atoms with van der Waals surface area (Å²) < 4.78 is 5.47. The van der Waals surface area contributed by atoms with Gasteiger partial charge in [0, 0.05) is 37.2 Å². The third-order valence-electron chi connectivity index (χ3n) is 4.46.